The summed E-state index contributed by atoms with van der Waals surface area (Å²) in [6.07, 6.45) is 0. The van der Waals surface area contributed by atoms with E-state index in [4.69, 9.17) is 8.83 Å². The fraction of sp³-hybridized carbons (Fsp3) is 0.120. The lowest BCUT2D eigenvalue weighted by molar-refractivity contribution is 0.602. The van der Waals surface area contributed by atoms with E-state index in [1.807, 2.05) is 48.5 Å². The van der Waals surface area contributed by atoms with E-state index in [0.717, 1.165) is 49.8 Å². The topological polar surface area (TPSA) is 26.3 Å². The average molecular weight is 381 g/mol. The summed E-state index contributed by atoms with van der Waals surface area (Å²) >= 11 is 0. The molecule has 0 fully saturated rings. The van der Waals surface area contributed by atoms with Gasteiger partial charge in [-0.05, 0) is 29.7 Å². The van der Waals surface area contributed by atoms with Crippen molar-refractivity contribution in [1.29, 1.82) is 0 Å². The second-order valence-electron chi connectivity index (χ2n) is 8.08. The van der Waals surface area contributed by atoms with Gasteiger partial charge >= 0.3 is 0 Å². The molecular weight excluding hydrogens is 360 g/mol. The van der Waals surface area contributed by atoms with E-state index >= 15 is 0 Å². The minimum atomic E-state index is -1.54. The Kier molecular flexibility index (Phi) is 3.72. The second-order valence-corrected chi connectivity index (χ2v) is 12.8. The molecule has 0 radical (unpaired) electrons. The zero-order valence-electron chi connectivity index (χ0n) is 16.2. The Hall–Kier alpha value is -3.22. The Labute approximate surface area is 164 Å². The molecule has 3 heteroatoms. The van der Waals surface area contributed by atoms with Gasteiger partial charge < -0.3 is 8.83 Å². The smallest absolute Gasteiger partial charge is 0.185 e. The van der Waals surface area contributed by atoms with Gasteiger partial charge in [-0.2, -0.15) is 0 Å². The Morgan fingerprint density at radius 2 is 1.32 bits per heavy atom. The number of rotatable bonds is 1. The van der Waals surface area contributed by atoms with Gasteiger partial charge in [0.25, 0.3) is 0 Å². The fourth-order valence-electron chi connectivity index (χ4n) is 3.63. The summed E-state index contributed by atoms with van der Waals surface area (Å²) in [5.74, 6) is 4.10. The van der Waals surface area contributed by atoms with Gasteiger partial charge in [-0.15, -0.1) is 5.54 Å². The molecule has 0 spiro atoms. The lowest BCUT2D eigenvalue weighted by Gasteiger charge is -2.05. The zero-order valence-corrected chi connectivity index (χ0v) is 17.2. The van der Waals surface area contributed by atoms with Crippen LogP contribution in [0.15, 0.2) is 75.6 Å². The van der Waals surface area contributed by atoms with Crippen molar-refractivity contribution in [2.24, 2.45) is 0 Å². The minimum Gasteiger partial charge on any atom is -0.456 e. The SMILES string of the molecule is C[Si](C)(C)C#Cc1oc2ccccc2c1-c1cccc2oc3ccccc3c12. The third-order valence-electron chi connectivity index (χ3n) is 4.82. The van der Waals surface area contributed by atoms with Crippen LogP contribution in [0.2, 0.25) is 19.6 Å². The van der Waals surface area contributed by atoms with Gasteiger partial charge in [-0.25, -0.2) is 0 Å². The summed E-state index contributed by atoms with van der Waals surface area (Å²) in [5, 5.41) is 3.31. The van der Waals surface area contributed by atoms with Crippen molar-refractivity contribution >= 4 is 41.0 Å². The summed E-state index contributed by atoms with van der Waals surface area (Å²) in [6, 6.07) is 22.5. The van der Waals surface area contributed by atoms with Gasteiger partial charge in [0.1, 0.15) is 24.8 Å². The summed E-state index contributed by atoms with van der Waals surface area (Å²) in [4.78, 5) is 0. The van der Waals surface area contributed by atoms with Gasteiger partial charge in [0.2, 0.25) is 0 Å². The first-order valence-electron chi connectivity index (χ1n) is 9.47. The molecule has 0 amide bonds. The molecule has 0 unspecified atom stereocenters. The number of hydrogen-bond acceptors (Lipinski definition) is 2. The Balaban J connectivity index is 1.90. The Morgan fingerprint density at radius 1 is 0.679 bits per heavy atom. The molecule has 0 N–H and O–H groups in total. The molecule has 0 saturated heterocycles. The average Bonchev–Trinajstić information content (AvgIpc) is 3.23. The lowest BCUT2D eigenvalue weighted by atomic mass is 9.97. The van der Waals surface area contributed by atoms with Crippen LogP contribution in [0, 0.1) is 11.5 Å². The minimum absolute atomic E-state index is 0.737. The van der Waals surface area contributed by atoms with Crippen molar-refractivity contribution in [3.8, 4) is 22.6 Å². The van der Waals surface area contributed by atoms with E-state index in [2.05, 4.69) is 49.3 Å². The van der Waals surface area contributed by atoms with Crippen LogP contribution >= 0.6 is 0 Å². The highest BCUT2D eigenvalue weighted by Crippen LogP contribution is 2.41. The molecule has 2 nitrogen and oxygen atoms in total. The molecule has 3 aromatic carbocycles. The van der Waals surface area contributed by atoms with Crippen molar-refractivity contribution in [1.82, 2.24) is 0 Å². The summed E-state index contributed by atoms with van der Waals surface area (Å²) < 4.78 is 12.3. The molecule has 0 aliphatic heterocycles. The molecule has 2 aromatic heterocycles. The largest absolute Gasteiger partial charge is 0.456 e. The molecule has 5 aromatic rings. The number of fused-ring (bicyclic) bond motifs is 4. The number of benzene rings is 3. The molecule has 5 rings (SSSR count). The first-order valence-corrected chi connectivity index (χ1v) is 13.0. The molecule has 0 saturated carbocycles. The van der Waals surface area contributed by atoms with Crippen molar-refractivity contribution < 1.29 is 8.83 Å². The molecule has 2 heterocycles. The van der Waals surface area contributed by atoms with E-state index in [1.165, 1.54) is 0 Å². The van der Waals surface area contributed by atoms with Gasteiger partial charge in [0.15, 0.2) is 5.76 Å². The van der Waals surface area contributed by atoms with Crippen LogP contribution in [0.1, 0.15) is 5.76 Å². The number of furan rings is 2. The van der Waals surface area contributed by atoms with Gasteiger partial charge in [0, 0.05) is 21.7 Å². The molecule has 0 atom stereocenters. The standard InChI is InChI=1S/C25H20O2Si/c1-28(2,3)16-15-23-25(18-10-5-7-13-21(18)27-23)19-11-8-14-22-24(19)17-9-4-6-12-20(17)26-22/h4-14H,1-3H3. The highest BCUT2D eigenvalue weighted by molar-refractivity contribution is 6.83. The fourth-order valence-corrected chi connectivity index (χ4v) is 4.12. The predicted octanol–water partition coefficient (Wildman–Crippen LogP) is 7.23. The Morgan fingerprint density at radius 3 is 2.07 bits per heavy atom. The lowest BCUT2D eigenvalue weighted by Crippen LogP contribution is -2.16. The quantitative estimate of drug-likeness (QED) is 0.226. The first-order chi connectivity index (χ1) is 13.5. The molecular formula is C25H20O2Si. The van der Waals surface area contributed by atoms with E-state index in [1.54, 1.807) is 0 Å². The molecule has 0 aliphatic carbocycles. The summed E-state index contributed by atoms with van der Waals surface area (Å²) in [7, 11) is -1.54. The molecule has 0 bridgehead atoms. The van der Waals surface area contributed by atoms with Crippen molar-refractivity contribution in [2.45, 2.75) is 19.6 Å². The van der Waals surface area contributed by atoms with Crippen molar-refractivity contribution in [3.05, 3.63) is 72.5 Å². The van der Waals surface area contributed by atoms with Gasteiger partial charge in [-0.3, -0.25) is 0 Å². The van der Waals surface area contributed by atoms with Crippen LogP contribution < -0.4 is 0 Å². The van der Waals surface area contributed by atoms with E-state index in [9.17, 15) is 0 Å². The maximum absolute atomic E-state index is 6.20. The number of hydrogen-bond donors (Lipinski definition) is 0. The maximum atomic E-state index is 6.20. The molecule has 0 aliphatic rings. The van der Waals surface area contributed by atoms with Crippen LogP contribution in [0.3, 0.4) is 0 Å². The molecule has 28 heavy (non-hydrogen) atoms. The highest BCUT2D eigenvalue weighted by atomic mass is 28.3. The number of para-hydroxylation sites is 2. The predicted molar refractivity (Wildman–Crippen MR) is 119 cm³/mol. The van der Waals surface area contributed by atoms with Crippen molar-refractivity contribution in [3.63, 3.8) is 0 Å². The van der Waals surface area contributed by atoms with Gasteiger partial charge in [0.05, 0.1) is 0 Å². The van der Waals surface area contributed by atoms with Crippen molar-refractivity contribution in [2.75, 3.05) is 0 Å². The Bertz CT molecular complexity index is 1400. The maximum Gasteiger partial charge on any atom is 0.185 e. The van der Waals surface area contributed by atoms with Crippen LogP contribution in [-0.2, 0) is 0 Å². The summed E-state index contributed by atoms with van der Waals surface area (Å²) in [5.41, 5.74) is 8.26. The third kappa shape index (κ3) is 2.74. The van der Waals surface area contributed by atoms with Crippen LogP contribution in [0.5, 0.6) is 0 Å². The highest BCUT2D eigenvalue weighted by Gasteiger charge is 2.20. The zero-order chi connectivity index (χ0) is 19.3. The van der Waals surface area contributed by atoms with Gasteiger partial charge in [-0.1, -0.05) is 68.2 Å². The molecule has 136 valence electrons. The second kappa shape index (κ2) is 6.15. The van der Waals surface area contributed by atoms with Crippen LogP contribution in [0.25, 0.3) is 44.0 Å². The van der Waals surface area contributed by atoms with E-state index < -0.39 is 8.07 Å². The van der Waals surface area contributed by atoms with Crippen LogP contribution in [0.4, 0.5) is 0 Å². The monoisotopic (exact) mass is 380 g/mol. The third-order valence-corrected chi connectivity index (χ3v) is 5.69. The van der Waals surface area contributed by atoms with Crippen LogP contribution in [-0.4, -0.2) is 8.07 Å². The van der Waals surface area contributed by atoms with E-state index in [0.29, 0.717) is 0 Å². The first kappa shape index (κ1) is 16.9. The summed E-state index contributed by atoms with van der Waals surface area (Å²) in [6.45, 7) is 6.73. The van der Waals surface area contributed by atoms with E-state index in [-0.39, 0.29) is 0 Å². The normalized spacial score (nSPS) is 11.8.